The fourth-order valence-electron chi connectivity index (χ4n) is 2.86. The lowest BCUT2D eigenvalue weighted by Crippen LogP contribution is -2.57. The number of nitrogens with zero attached hydrogens (tertiary/aromatic N) is 2. The van der Waals surface area contributed by atoms with Crippen LogP contribution in [0.15, 0.2) is 30.3 Å². The highest BCUT2D eigenvalue weighted by molar-refractivity contribution is 5.92. The fraction of sp³-hybridized carbons (Fsp3) is 0.438. The van der Waals surface area contributed by atoms with E-state index in [0.717, 1.165) is 30.8 Å². The molecule has 1 aromatic carbocycles. The van der Waals surface area contributed by atoms with Crippen LogP contribution in [0.4, 0.5) is 5.69 Å². The normalized spacial score (nSPS) is 18.8. The number of aryl methyl sites for hydroxylation is 1. The van der Waals surface area contributed by atoms with Gasteiger partial charge in [-0.2, -0.15) is 0 Å². The third kappa shape index (κ3) is 2.43. The number of anilines is 1. The number of aromatic nitrogens is 1. The van der Waals surface area contributed by atoms with Crippen molar-refractivity contribution in [3.63, 3.8) is 0 Å². The summed E-state index contributed by atoms with van der Waals surface area (Å²) in [5.74, 6) is 0. The zero-order chi connectivity index (χ0) is 13.5. The van der Waals surface area contributed by atoms with Crippen molar-refractivity contribution in [2.45, 2.75) is 26.3 Å². The molecule has 19 heavy (non-hydrogen) atoms. The fourth-order valence-corrected chi connectivity index (χ4v) is 2.86. The second-order valence-corrected chi connectivity index (χ2v) is 6.03. The Balaban J connectivity index is 2.05. The molecular weight excluding hydrogens is 234 g/mol. The second kappa shape index (κ2) is 4.49. The maximum absolute atomic E-state index is 4.63. The van der Waals surface area contributed by atoms with Gasteiger partial charge < -0.3 is 10.2 Å². The van der Waals surface area contributed by atoms with Crippen molar-refractivity contribution >= 4 is 16.6 Å². The highest BCUT2D eigenvalue weighted by Crippen LogP contribution is 2.28. The first kappa shape index (κ1) is 12.4. The first-order valence-electron chi connectivity index (χ1n) is 6.92. The average molecular weight is 255 g/mol. The van der Waals surface area contributed by atoms with Crippen molar-refractivity contribution < 1.29 is 0 Å². The van der Waals surface area contributed by atoms with Gasteiger partial charge in [-0.05, 0) is 45.0 Å². The Morgan fingerprint density at radius 2 is 2.05 bits per heavy atom. The van der Waals surface area contributed by atoms with Gasteiger partial charge in [0.15, 0.2) is 0 Å². The topological polar surface area (TPSA) is 28.2 Å². The Kier molecular flexibility index (Phi) is 2.94. The molecule has 1 aromatic heterocycles. The zero-order valence-corrected chi connectivity index (χ0v) is 11.9. The lowest BCUT2D eigenvalue weighted by atomic mass is 10.0. The van der Waals surface area contributed by atoms with E-state index < -0.39 is 0 Å². The third-order valence-electron chi connectivity index (χ3n) is 3.76. The van der Waals surface area contributed by atoms with E-state index in [2.05, 4.69) is 59.4 Å². The van der Waals surface area contributed by atoms with Crippen LogP contribution in [0.2, 0.25) is 0 Å². The lowest BCUT2D eigenvalue weighted by molar-refractivity contribution is 0.353. The molecule has 100 valence electrons. The van der Waals surface area contributed by atoms with E-state index in [4.69, 9.17) is 0 Å². The van der Waals surface area contributed by atoms with Gasteiger partial charge in [-0.25, -0.2) is 0 Å². The van der Waals surface area contributed by atoms with Crippen molar-refractivity contribution in [2.75, 3.05) is 24.5 Å². The largest absolute Gasteiger partial charge is 0.368 e. The van der Waals surface area contributed by atoms with Gasteiger partial charge in [0.05, 0.1) is 5.52 Å². The van der Waals surface area contributed by atoms with E-state index >= 15 is 0 Å². The molecule has 3 rings (SSSR count). The van der Waals surface area contributed by atoms with Crippen molar-refractivity contribution in [3.8, 4) is 0 Å². The molecule has 0 aliphatic carbocycles. The number of rotatable bonds is 1. The predicted octanol–water partition coefficient (Wildman–Crippen LogP) is 2.73. The number of nitrogens with one attached hydrogen (secondary N) is 1. The Hall–Kier alpha value is -1.61. The molecule has 0 bridgehead atoms. The molecule has 0 atom stereocenters. The minimum atomic E-state index is 0.165. The monoisotopic (exact) mass is 255 g/mol. The maximum Gasteiger partial charge on any atom is 0.0726 e. The van der Waals surface area contributed by atoms with Gasteiger partial charge in [0.2, 0.25) is 0 Å². The first-order chi connectivity index (χ1) is 9.05. The maximum atomic E-state index is 4.63. The molecule has 0 unspecified atom stereocenters. The van der Waals surface area contributed by atoms with Gasteiger partial charge in [0.1, 0.15) is 0 Å². The number of hydrogen-bond donors (Lipinski definition) is 1. The summed E-state index contributed by atoms with van der Waals surface area (Å²) in [7, 11) is 0. The van der Waals surface area contributed by atoms with Crippen molar-refractivity contribution in [3.05, 3.63) is 36.0 Å². The quantitative estimate of drug-likeness (QED) is 0.849. The number of fused-ring (bicyclic) bond motifs is 1. The van der Waals surface area contributed by atoms with Crippen molar-refractivity contribution in [1.29, 1.82) is 0 Å². The molecule has 2 aromatic rings. The van der Waals surface area contributed by atoms with Crippen LogP contribution in [0.1, 0.15) is 19.5 Å². The molecule has 0 amide bonds. The molecule has 1 aliphatic rings. The molecule has 1 fully saturated rings. The van der Waals surface area contributed by atoms with E-state index in [9.17, 15) is 0 Å². The minimum Gasteiger partial charge on any atom is -0.368 e. The molecule has 1 N–H and O–H groups in total. The number of hydrogen-bond acceptors (Lipinski definition) is 3. The van der Waals surface area contributed by atoms with Crippen molar-refractivity contribution in [2.24, 2.45) is 0 Å². The van der Waals surface area contributed by atoms with E-state index in [1.165, 1.54) is 11.1 Å². The molecule has 2 heterocycles. The summed E-state index contributed by atoms with van der Waals surface area (Å²) < 4.78 is 0. The highest BCUT2D eigenvalue weighted by Gasteiger charge is 2.26. The minimum absolute atomic E-state index is 0.165. The number of pyridine rings is 1. The Morgan fingerprint density at radius 1 is 1.21 bits per heavy atom. The molecule has 0 radical (unpaired) electrons. The van der Waals surface area contributed by atoms with E-state index in [1.54, 1.807) is 0 Å². The summed E-state index contributed by atoms with van der Waals surface area (Å²) in [6, 6.07) is 10.7. The summed E-state index contributed by atoms with van der Waals surface area (Å²) in [5, 5.41) is 4.81. The SMILES string of the molecule is Cc1ccc2c(N3CCNC(C)(C)C3)cccc2n1. The van der Waals surface area contributed by atoms with Crippen LogP contribution >= 0.6 is 0 Å². The van der Waals surface area contributed by atoms with E-state index in [0.29, 0.717) is 0 Å². The van der Waals surface area contributed by atoms with Crippen LogP contribution < -0.4 is 10.2 Å². The lowest BCUT2D eigenvalue weighted by Gasteiger charge is -2.40. The van der Waals surface area contributed by atoms with Crippen LogP contribution in [0.5, 0.6) is 0 Å². The van der Waals surface area contributed by atoms with Crippen molar-refractivity contribution in [1.82, 2.24) is 10.3 Å². The molecule has 1 aliphatic heterocycles. The van der Waals surface area contributed by atoms with Gasteiger partial charge >= 0.3 is 0 Å². The number of benzene rings is 1. The predicted molar refractivity (Wildman–Crippen MR) is 80.8 cm³/mol. The van der Waals surface area contributed by atoms with Gasteiger partial charge in [0, 0.05) is 41.9 Å². The Morgan fingerprint density at radius 3 is 2.84 bits per heavy atom. The van der Waals surface area contributed by atoms with Crippen LogP contribution in [0.3, 0.4) is 0 Å². The van der Waals surface area contributed by atoms with Crippen LogP contribution in [-0.2, 0) is 0 Å². The summed E-state index contributed by atoms with van der Waals surface area (Å²) in [5.41, 5.74) is 3.64. The summed E-state index contributed by atoms with van der Waals surface area (Å²) in [6.07, 6.45) is 0. The Labute approximate surface area is 114 Å². The van der Waals surface area contributed by atoms with E-state index in [1.807, 2.05) is 6.92 Å². The van der Waals surface area contributed by atoms with Gasteiger partial charge in [-0.3, -0.25) is 4.98 Å². The van der Waals surface area contributed by atoms with Crippen LogP contribution in [0, 0.1) is 6.92 Å². The molecule has 0 spiro atoms. The second-order valence-electron chi connectivity index (χ2n) is 6.03. The standard InChI is InChI=1S/C16H21N3/c1-12-7-8-13-14(18-12)5-4-6-15(13)19-10-9-17-16(2,3)11-19/h4-8,17H,9-11H2,1-3H3. The highest BCUT2D eigenvalue weighted by atomic mass is 15.2. The molecule has 3 nitrogen and oxygen atoms in total. The van der Waals surface area contributed by atoms with Crippen LogP contribution in [0.25, 0.3) is 10.9 Å². The number of piperazine rings is 1. The van der Waals surface area contributed by atoms with Crippen LogP contribution in [-0.4, -0.2) is 30.2 Å². The molecular formula is C16H21N3. The van der Waals surface area contributed by atoms with E-state index in [-0.39, 0.29) is 5.54 Å². The summed E-state index contributed by atoms with van der Waals surface area (Å²) in [4.78, 5) is 7.09. The molecule has 3 heteroatoms. The third-order valence-corrected chi connectivity index (χ3v) is 3.76. The van der Waals surface area contributed by atoms with Gasteiger partial charge in [0.25, 0.3) is 0 Å². The Bertz CT molecular complexity index is 604. The molecule has 1 saturated heterocycles. The smallest absolute Gasteiger partial charge is 0.0726 e. The van der Waals surface area contributed by atoms with Gasteiger partial charge in [-0.1, -0.05) is 6.07 Å². The summed E-state index contributed by atoms with van der Waals surface area (Å²) in [6.45, 7) is 9.67. The first-order valence-corrected chi connectivity index (χ1v) is 6.92. The van der Waals surface area contributed by atoms with Gasteiger partial charge in [-0.15, -0.1) is 0 Å². The summed E-state index contributed by atoms with van der Waals surface area (Å²) >= 11 is 0. The zero-order valence-electron chi connectivity index (χ0n) is 11.9. The average Bonchev–Trinajstić information content (AvgIpc) is 2.36. The molecule has 0 saturated carbocycles.